The highest BCUT2D eigenvalue weighted by Crippen LogP contribution is 2.11. The van der Waals surface area contributed by atoms with E-state index in [4.69, 9.17) is 4.74 Å². The minimum absolute atomic E-state index is 0.0105. The number of likely N-dealkylation sites (N-methyl/N-ethyl adjacent to an activating group) is 1. The number of ether oxygens (including phenoxy) is 1. The fraction of sp³-hybridized carbons (Fsp3) is 0.556. The van der Waals surface area contributed by atoms with Gasteiger partial charge in [0.2, 0.25) is 5.91 Å². The number of amides is 2. The van der Waals surface area contributed by atoms with Gasteiger partial charge in [0.05, 0.1) is 0 Å². The molecule has 0 bridgehead atoms. The van der Waals surface area contributed by atoms with Gasteiger partial charge in [-0.15, -0.1) is 0 Å². The van der Waals surface area contributed by atoms with E-state index in [9.17, 15) is 9.59 Å². The largest absolute Gasteiger partial charge is 0.444 e. The summed E-state index contributed by atoms with van der Waals surface area (Å²) in [7, 11) is 3.57. The van der Waals surface area contributed by atoms with Gasteiger partial charge in [0.25, 0.3) is 0 Å². The molecule has 0 fully saturated rings. The number of carbonyl (C=O) groups is 2. The molecule has 0 saturated heterocycles. The summed E-state index contributed by atoms with van der Waals surface area (Å²) in [4.78, 5) is 27.1. The summed E-state index contributed by atoms with van der Waals surface area (Å²) in [5, 5.41) is 2.82. The third kappa shape index (κ3) is 7.85. The molecule has 0 aliphatic rings. The van der Waals surface area contributed by atoms with Gasteiger partial charge in [0, 0.05) is 32.9 Å². The quantitative estimate of drug-likeness (QED) is 0.778. The highest BCUT2D eigenvalue weighted by molar-refractivity contribution is 5.82. The van der Waals surface area contributed by atoms with Crippen molar-refractivity contribution in [1.82, 2.24) is 10.2 Å². The van der Waals surface area contributed by atoms with E-state index in [0.717, 1.165) is 18.7 Å². The molecule has 0 radical (unpaired) electrons. The molecule has 24 heavy (non-hydrogen) atoms. The number of hydrogen-bond acceptors (Lipinski definition) is 4. The fourth-order valence-corrected chi connectivity index (χ4v) is 2.03. The number of benzene rings is 1. The number of para-hydroxylation sites is 1. The molecule has 0 unspecified atom stereocenters. The van der Waals surface area contributed by atoms with Gasteiger partial charge in [-0.3, -0.25) is 4.79 Å². The van der Waals surface area contributed by atoms with E-state index in [1.807, 2.05) is 37.4 Å². The Morgan fingerprint density at radius 3 is 2.33 bits per heavy atom. The summed E-state index contributed by atoms with van der Waals surface area (Å²) in [6, 6.07) is 10.1. The molecule has 0 aliphatic carbocycles. The average Bonchev–Trinajstić information content (AvgIpc) is 2.50. The van der Waals surface area contributed by atoms with Gasteiger partial charge < -0.3 is 19.9 Å². The van der Waals surface area contributed by atoms with Crippen molar-refractivity contribution in [2.24, 2.45) is 0 Å². The van der Waals surface area contributed by atoms with Crippen LogP contribution in [0.3, 0.4) is 0 Å². The highest BCUT2D eigenvalue weighted by atomic mass is 16.6. The normalized spacial score (nSPS) is 10.9. The molecule has 0 spiro atoms. The smallest absolute Gasteiger partial charge is 0.410 e. The third-order valence-electron chi connectivity index (χ3n) is 3.28. The van der Waals surface area contributed by atoms with Crippen LogP contribution in [0, 0.1) is 0 Å². The first kappa shape index (κ1) is 19.8. The number of hydrogen-bond donors (Lipinski definition) is 1. The van der Waals surface area contributed by atoms with Crippen molar-refractivity contribution < 1.29 is 14.3 Å². The number of nitrogens with one attached hydrogen (secondary N) is 1. The van der Waals surface area contributed by atoms with Crippen LogP contribution in [0.15, 0.2) is 30.3 Å². The van der Waals surface area contributed by atoms with Gasteiger partial charge in [-0.2, -0.15) is 0 Å². The molecule has 1 rings (SSSR count). The van der Waals surface area contributed by atoms with Gasteiger partial charge in [0.15, 0.2) is 0 Å². The number of carbonyl (C=O) groups excluding carboxylic acids is 2. The molecular weight excluding hydrogens is 306 g/mol. The van der Waals surface area contributed by atoms with Crippen LogP contribution in [-0.2, 0) is 9.53 Å². The number of nitrogens with zero attached hydrogens (tertiary/aromatic N) is 2. The van der Waals surface area contributed by atoms with E-state index in [0.29, 0.717) is 6.54 Å². The Morgan fingerprint density at radius 2 is 1.75 bits per heavy atom. The van der Waals surface area contributed by atoms with Gasteiger partial charge in [-0.1, -0.05) is 18.2 Å². The molecule has 0 saturated carbocycles. The van der Waals surface area contributed by atoms with E-state index in [1.54, 1.807) is 27.8 Å². The molecule has 1 aromatic carbocycles. The van der Waals surface area contributed by atoms with Crippen molar-refractivity contribution in [3.05, 3.63) is 30.3 Å². The number of anilines is 1. The lowest BCUT2D eigenvalue weighted by molar-refractivity contribution is -0.122. The third-order valence-corrected chi connectivity index (χ3v) is 3.28. The second-order valence-electron chi connectivity index (χ2n) is 6.80. The Bertz CT molecular complexity index is 526. The lowest BCUT2D eigenvalue weighted by Gasteiger charge is -2.24. The highest BCUT2D eigenvalue weighted by Gasteiger charge is 2.20. The zero-order valence-corrected chi connectivity index (χ0v) is 15.3. The van der Waals surface area contributed by atoms with E-state index in [-0.39, 0.29) is 12.5 Å². The standard InChI is InChI=1S/C18H29N3O3/c1-18(2,3)24-17(23)21(5)14-16(22)19-12-9-13-20(4)15-10-7-6-8-11-15/h6-8,10-11H,9,12-14H2,1-5H3,(H,19,22). The zero-order valence-electron chi connectivity index (χ0n) is 15.3. The summed E-state index contributed by atoms with van der Waals surface area (Å²) >= 11 is 0. The van der Waals surface area contributed by atoms with Crippen LogP contribution in [0.25, 0.3) is 0 Å². The maximum Gasteiger partial charge on any atom is 0.410 e. The van der Waals surface area contributed by atoms with Crippen LogP contribution < -0.4 is 10.2 Å². The minimum Gasteiger partial charge on any atom is -0.444 e. The van der Waals surface area contributed by atoms with Gasteiger partial charge in [0.1, 0.15) is 12.1 Å². The first-order valence-corrected chi connectivity index (χ1v) is 8.16. The summed E-state index contributed by atoms with van der Waals surface area (Å²) < 4.78 is 5.21. The van der Waals surface area contributed by atoms with Gasteiger partial charge in [-0.05, 0) is 39.3 Å². The maximum absolute atomic E-state index is 11.9. The Labute approximate surface area is 144 Å². The molecule has 1 N–H and O–H groups in total. The fourth-order valence-electron chi connectivity index (χ4n) is 2.03. The first-order valence-electron chi connectivity index (χ1n) is 8.16. The van der Waals surface area contributed by atoms with E-state index in [1.165, 1.54) is 4.90 Å². The lowest BCUT2D eigenvalue weighted by atomic mass is 10.2. The Balaban J connectivity index is 2.23. The average molecular weight is 335 g/mol. The molecule has 6 nitrogen and oxygen atoms in total. The van der Waals surface area contributed by atoms with E-state index < -0.39 is 11.7 Å². The molecule has 0 aromatic heterocycles. The minimum atomic E-state index is -0.566. The predicted molar refractivity (Wildman–Crippen MR) is 96.2 cm³/mol. The Kier molecular flexibility index (Phi) is 7.55. The lowest BCUT2D eigenvalue weighted by Crippen LogP contribution is -2.41. The zero-order chi connectivity index (χ0) is 18.2. The van der Waals surface area contributed by atoms with Crippen LogP contribution in [-0.4, -0.2) is 56.2 Å². The van der Waals surface area contributed by atoms with E-state index in [2.05, 4.69) is 10.2 Å². The molecular formula is C18H29N3O3. The molecule has 1 aromatic rings. The van der Waals surface area contributed by atoms with Crippen molar-refractivity contribution in [2.45, 2.75) is 32.8 Å². The second kappa shape index (κ2) is 9.15. The maximum atomic E-state index is 11.9. The number of rotatable bonds is 7. The van der Waals surface area contributed by atoms with Crippen LogP contribution >= 0.6 is 0 Å². The van der Waals surface area contributed by atoms with Crippen molar-refractivity contribution in [2.75, 3.05) is 38.6 Å². The molecule has 0 heterocycles. The monoisotopic (exact) mass is 335 g/mol. The predicted octanol–water partition coefficient (Wildman–Crippen LogP) is 2.50. The molecule has 0 aliphatic heterocycles. The summed E-state index contributed by atoms with van der Waals surface area (Å²) in [5.41, 5.74) is 0.581. The van der Waals surface area contributed by atoms with Crippen molar-refractivity contribution in [1.29, 1.82) is 0 Å². The van der Waals surface area contributed by atoms with Crippen molar-refractivity contribution >= 4 is 17.7 Å². The second-order valence-corrected chi connectivity index (χ2v) is 6.80. The van der Waals surface area contributed by atoms with Crippen LogP contribution in [0.5, 0.6) is 0 Å². The van der Waals surface area contributed by atoms with E-state index >= 15 is 0 Å². The summed E-state index contributed by atoms with van der Waals surface area (Å²) in [5.74, 6) is -0.189. The summed E-state index contributed by atoms with van der Waals surface area (Å²) in [6.07, 6.45) is 0.328. The van der Waals surface area contributed by atoms with Crippen LogP contribution in [0.1, 0.15) is 27.2 Å². The summed E-state index contributed by atoms with van der Waals surface area (Å²) in [6.45, 7) is 6.78. The topological polar surface area (TPSA) is 61.9 Å². The first-order chi connectivity index (χ1) is 11.2. The molecule has 6 heteroatoms. The molecule has 134 valence electrons. The van der Waals surface area contributed by atoms with Crippen molar-refractivity contribution in [3.63, 3.8) is 0 Å². The Hall–Kier alpha value is -2.24. The van der Waals surface area contributed by atoms with Crippen LogP contribution in [0.2, 0.25) is 0 Å². The van der Waals surface area contributed by atoms with Crippen LogP contribution in [0.4, 0.5) is 10.5 Å². The SMILES string of the molecule is CN(CC(=O)NCCCN(C)c1ccccc1)C(=O)OC(C)(C)C. The van der Waals surface area contributed by atoms with Gasteiger partial charge in [-0.25, -0.2) is 4.79 Å². The van der Waals surface area contributed by atoms with Crippen molar-refractivity contribution in [3.8, 4) is 0 Å². The Morgan fingerprint density at radius 1 is 1.12 bits per heavy atom. The molecule has 2 amide bonds. The molecule has 0 atom stereocenters. The van der Waals surface area contributed by atoms with Gasteiger partial charge >= 0.3 is 6.09 Å².